The van der Waals surface area contributed by atoms with Gasteiger partial charge in [-0.2, -0.15) is 8.42 Å². The third-order valence-corrected chi connectivity index (χ3v) is 4.33. The second kappa shape index (κ2) is 4.15. The van der Waals surface area contributed by atoms with Crippen LogP contribution in [0.15, 0.2) is 0 Å². The molecule has 1 N–H and O–H groups in total. The molecule has 0 spiro atoms. The lowest BCUT2D eigenvalue weighted by atomic mass is 9.80. The molecule has 106 valence electrons. The molecule has 19 heavy (non-hydrogen) atoms. The van der Waals surface area contributed by atoms with E-state index in [0.29, 0.717) is 13.0 Å². The van der Waals surface area contributed by atoms with E-state index in [9.17, 15) is 18.0 Å². The number of carbonyl (C=O) groups is 2. The topological polar surface area (TPSA) is 116 Å². The van der Waals surface area contributed by atoms with Crippen LogP contribution in [0.5, 0.6) is 0 Å². The highest BCUT2D eigenvalue weighted by Crippen LogP contribution is 2.48. The van der Waals surface area contributed by atoms with Gasteiger partial charge in [-0.05, 0) is 0 Å². The molecule has 3 heterocycles. The molecule has 3 aliphatic rings. The van der Waals surface area contributed by atoms with E-state index >= 15 is 0 Å². The summed E-state index contributed by atoms with van der Waals surface area (Å²) in [7, 11) is -4.41. The minimum Gasteiger partial charge on any atom is -0.465 e. The molecule has 3 rings (SSSR count). The molecule has 0 aromatic rings. The van der Waals surface area contributed by atoms with Crippen molar-refractivity contribution >= 4 is 22.1 Å². The predicted molar refractivity (Wildman–Crippen MR) is 57.5 cm³/mol. The zero-order valence-corrected chi connectivity index (χ0v) is 10.5. The van der Waals surface area contributed by atoms with Gasteiger partial charge in [-0.15, -0.1) is 0 Å². The molecule has 8 nitrogen and oxygen atoms in total. The lowest BCUT2D eigenvalue weighted by Crippen LogP contribution is -2.40. The average Bonchev–Trinajstić information content (AvgIpc) is 2.88. The fourth-order valence-corrected chi connectivity index (χ4v) is 3.40. The van der Waals surface area contributed by atoms with Crippen molar-refractivity contribution in [3.8, 4) is 0 Å². The summed E-state index contributed by atoms with van der Waals surface area (Å²) in [6.07, 6.45) is -1.02. The number of hydrogen-bond acceptors (Lipinski definition) is 7. The molecule has 9 heteroatoms. The van der Waals surface area contributed by atoms with Gasteiger partial charge in [0.25, 0.3) is 10.1 Å². The normalized spacial score (nSPS) is 40.1. The number of ether oxygens (including phenoxy) is 3. The fourth-order valence-electron chi connectivity index (χ4n) is 3.04. The summed E-state index contributed by atoms with van der Waals surface area (Å²) in [5, 5.41) is 0. The maximum atomic E-state index is 11.5. The minimum absolute atomic E-state index is 0.00553. The van der Waals surface area contributed by atoms with Crippen LogP contribution in [0.3, 0.4) is 0 Å². The number of rotatable bonds is 3. The zero-order chi connectivity index (χ0) is 13.8. The van der Waals surface area contributed by atoms with Crippen LogP contribution < -0.4 is 0 Å². The number of fused-ring (bicyclic) bond motifs is 5. The third kappa shape index (κ3) is 2.21. The Kier molecular flexibility index (Phi) is 2.80. The van der Waals surface area contributed by atoms with Crippen molar-refractivity contribution in [2.45, 2.75) is 24.7 Å². The Labute approximate surface area is 108 Å². The van der Waals surface area contributed by atoms with Crippen molar-refractivity contribution in [3.63, 3.8) is 0 Å². The Hall–Kier alpha value is -1.19. The second-order valence-electron chi connectivity index (χ2n) is 4.95. The molecule has 0 radical (unpaired) electrons. The fraction of sp³-hybridized carbons (Fsp3) is 0.800. The van der Waals surface area contributed by atoms with E-state index in [1.165, 1.54) is 0 Å². The number of esters is 2. The Balaban J connectivity index is 1.66. The van der Waals surface area contributed by atoms with Gasteiger partial charge in [-0.3, -0.25) is 14.1 Å². The van der Waals surface area contributed by atoms with Gasteiger partial charge in [0.2, 0.25) is 0 Å². The maximum Gasteiger partial charge on any atom is 0.324 e. The van der Waals surface area contributed by atoms with E-state index < -0.39 is 40.0 Å². The molecular formula is C10H12O8S. The first-order valence-corrected chi connectivity index (χ1v) is 7.43. The van der Waals surface area contributed by atoms with Crippen LogP contribution in [0.2, 0.25) is 0 Å². The Morgan fingerprint density at radius 3 is 2.89 bits per heavy atom. The van der Waals surface area contributed by atoms with Crippen LogP contribution in [0, 0.1) is 11.8 Å². The first-order valence-electron chi connectivity index (χ1n) is 5.82. The lowest BCUT2D eigenvalue weighted by Gasteiger charge is -2.24. The quantitative estimate of drug-likeness (QED) is 0.506. The summed E-state index contributed by atoms with van der Waals surface area (Å²) in [5.41, 5.74) is 0. The summed E-state index contributed by atoms with van der Waals surface area (Å²) < 4.78 is 45.1. The molecule has 5 atom stereocenters. The monoisotopic (exact) mass is 292 g/mol. The van der Waals surface area contributed by atoms with Crippen LogP contribution in [0.25, 0.3) is 0 Å². The van der Waals surface area contributed by atoms with Gasteiger partial charge < -0.3 is 14.2 Å². The molecule has 3 saturated heterocycles. The van der Waals surface area contributed by atoms with E-state index in [1.54, 1.807) is 0 Å². The van der Waals surface area contributed by atoms with E-state index in [4.69, 9.17) is 18.8 Å². The Morgan fingerprint density at radius 2 is 2.21 bits per heavy atom. The van der Waals surface area contributed by atoms with E-state index in [2.05, 4.69) is 0 Å². The highest BCUT2D eigenvalue weighted by molar-refractivity contribution is 7.86. The molecule has 5 unspecified atom stereocenters. The first kappa shape index (κ1) is 12.8. The predicted octanol–water partition coefficient (Wildman–Crippen LogP) is -1.25. The first-order chi connectivity index (χ1) is 8.85. The van der Waals surface area contributed by atoms with Crippen molar-refractivity contribution in [3.05, 3.63) is 0 Å². The summed E-state index contributed by atoms with van der Waals surface area (Å²) in [6, 6.07) is 0. The molecule has 2 bridgehead atoms. The molecule has 3 aliphatic heterocycles. The van der Waals surface area contributed by atoms with Gasteiger partial charge in [-0.25, -0.2) is 0 Å². The van der Waals surface area contributed by atoms with Crippen LogP contribution >= 0.6 is 0 Å². The smallest absolute Gasteiger partial charge is 0.324 e. The molecule has 0 aromatic heterocycles. The standard InChI is InChI=1S/C10H12O8S/c11-7(3-19(13,14)15)17-6-1-5-4-2-16-10(12)8(4)9(6)18-5/h4-6,8-9H,1-3H2,(H,13,14,15). The highest BCUT2D eigenvalue weighted by atomic mass is 32.2. The van der Waals surface area contributed by atoms with E-state index in [1.807, 2.05) is 0 Å². The Bertz CT molecular complexity index is 526. The minimum atomic E-state index is -4.41. The number of cyclic esters (lactones) is 1. The van der Waals surface area contributed by atoms with Crippen LogP contribution in [-0.2, 0) is 33.9 Å². The molecule has 0 aromatic carbocycles. The Morgan fingerprint density at radius 1 is 1.47 bits per heavy atom. The molecule has 0 saturated carbocycles. The van der Waals surface area contributed by atoms with E-state index in [-0.39, 0.29) is 18.0 Å². The maximum absolute atomic E-state index is 11.5. The van der Waals surface area contributed by atoms with Crippen molar-refractivity contribution < 1.29 is 36.8 Å². The van der Waals surface area contributed by atoms with Gasteiger partial charge >= 0.3 is 11.9 Å². The van der Waals surface area contributed by atoms with Gasteiger partial charge in [0.15, 0.2) is 5.75 Å². The molecule has 3 fully saturated rings. The largest absolute Gasteiger partial charge is 0.465 e. The lowest BCUT2D eigenvalue weighted by molar-refractivity contribution is -0.154. The van der Waals surface area contributed by atoms with Crippen molar-refractivity contribution in [2.24, 2.45) is 11.8 Å². The van der Waals surface area contributed by atoms with Crippen LogP contribution in [0.1, 0.15) is 6.42 Å². The van der Waals surface area contributed by atoms with Gasteiger partial charge in [0.05, 0.1) is 18.6 Å². The van der Waals surface area contributed by atoms with Gasteiger partial charge in [-0.1, -0.05) is 0 Å². The van der Waals surface area contributed by atoms with Gasteiger partial charge in [0, 0.05) is 12.3 Å². The molecular weight excluding hydrogens is 280 g/mol. The summed E-state index contributed by atoms with van der Waals surface area (Å²) >= 11 is 0. The second-order valence-corrected chi connectivity index (χ2v) is 6.40. The summed E-state index contributed by atoms with van der Waals surface area (Å²) in [6.45, 7) is 0.316. The van der Waals surface area contributed by atoms with Crippen molar-refractivity contribution in [1.82, 2.24) is 0 Å². The molecule has 0 aliphatic carbocycles. The summed E-state index contributed by atoms with van der Waals surface area (Å²) in [5.74, 6) is -2.96. The third-order valence-electron chi connectivity index (χ3n) is 3.73. The molecule has 0 amide bonds. The van der Waals surface area contributed by atoms with Crippen molar-refractivity contribution in [1.29, 1.82) is 0 Å². The SMILES string of the molecule is O=C(CS(=O)(=O)O)OC1CC2OC1C1C(=O)OCC21. The summed E-state index contributed by atoms with van der Waals surface area (Å²) in [4.78, 5) is 22.9. The average molecular weight is 292 g/mol. The van der Waals surface area contributed by atoms with Gasteiger partial charge in [0.1, 0.15) is 12.2 Å². The van der Waals surface area contributed by atoms with Crippen LogP contribution in [-0.4, -0.2) is 55.6 Å². The van der Waals surface area contributed by atoms with E-state index in [0.717, 1.165) is 0 Å². The number of hydrogen-bond donors (Lipinski definition) is 1. The van der Waals surface area contributed by atoms with Crippen LogP contribution in [0.4, 0.5) is 0 Å². The highest BCUT2D eigenvalue weighted by Gasteiger charge is 2.61. The zero-order valence-electron chi connectivity index (χ0n) is 9.72. The number of carbonyl (C=O) groups excluding carboxylic acids is 2. The van der Waals surface area contributed by atoms with Crippen molar-refractivity contribution in [2.75, 3.05) is 12.4 Å².